The largest absolute Gasteiger partial charge is 0.391 e. The molecule has 0 aliphatic heterocycles. The molecule has 0 saturated heterocycles. The van der Waals surface area contributed by atoms with Crippen molar-refractivity contribution in [1.82, 2.24) is 0 Å². The first-order chi connectivity index (χ1) is 13.6. The Morgan fingerprint density at radius 2 is 0.929 bits per heavy atom. The molecule has 0 radical (unpaired) electrons. The van der Waals surface area contributed by atoms with E-state index in [4.69, 9.17) is 9.47 Å². The highest BCUT2D eigenvalue weighted by atomic mass is 16.7. The highest BCUT2D eigenvalue weighted by molar-refractivity contribution is 4.75. The lowest BCUT2D eigenvalue weighted by Crippen LogP contribution is -2.49. The Balaban J connectivity index is 3.85. The fourth-order valence-electron chi connectivity index (χ4n) is 3.47. The van der Waals surface area contributed by atoms with E-state index in [2.05, 4.69) is 13.8 Å². The van der Waals surface area contributed by atoms with Crippen molar-refractivity contribution in [2.24, 2.45) is 0 Å². The van der Waals surface area contributed by atoms with Gasteiger partial charge in [0.1, 0.15) is 6.10 Å². The van der Waals surface area contributed by atoms with Crippen LogP contribution in [0.1, 0.15) is 124 Å². The Kier molecular flexibility index (Phi) is 20.0. The third-order valence-electron chi connectivity index (χ3n) is 5.55. The van der Waals surface area contributed by atoms with Gasteiger partial charge in [0.05, 0.1) is 19.8 Å². The van der Waals surface area contributed by atoms with Crippen LogP contribution in [0, 0.1) is 0 Å². The molecule has 0 aliphatic rings. The molecule has 4 heteroatoms. The van der Waals surface area contributed by atoms with Crippen LogP contribution in [0.25, 0.3) is 0 Å². The van der Waals surface area contributed by atoms with Gasteiger partial charge in [-0.1, -0.05) is 104 Å². The molecule has 0 amide bonds. The number of aliphatic hydroxyl groups is 2. The second-order valence-electron chi connectivity index (χ2n) is 8.29. The summed E-state index contributed by atoms with van der Waals surface area (Å²) in [6.45, 7) is 6.86. The van der Waals surface area contributed by atoms with E-state index in [0.717, 1.165) is 25.7 Å². The number of ether oxygens (including phenoxy) is 2. The van der Waals surface area contributed by atoms with Gasteiger partial charge in [0.2, 0.25) is 5.79 Å². The molecule has 0 aromatic carbocycles. The average Bonchev–Trinajstić information content (AvgIpc) is 2.69. The van der Waals surface area contributed by atoms with Crippen LogP contribution in [0.5, 0.6) is 0 Å². The molecule has 2 N–H and O–H groups in total. The van der Waals surface area contributed by atoms with Crippen molar-refractivity contribution in [3.63, 3.8) is 0 Å². The molecule has 1 atom stereocenters. The molecule has 0 aliphatic carbocycles. The summed E-state index contributed by atoms with van der Waals surface area (Å²) in [6.07, 6.45) is 18.9. The van der Waals surface area contributed by atoms with E-state index in [1.54, 1.807) is 6.92 Å². The van der Waals surface area contributed by atoms with E-state index in [1.165, 1.54) is 77.0 Å². The maximum atomic E-state index is 10.1. The Morgan fingerprint density at radius 3 is 1.21 bits per heavy atom. The maximum absolute atomic E-state index is 10.1. The summed E-state index contributed by atoms with van der Waals surface area (Å²) in [5, 5.41) is 19.9. The van der Waals surface area contributed by atoms with Crippen molar-refractivity contribution < 1.29 is 19.7 Å². The van der Waals surface area contributed by atoms with E-state index >= 15 is 0 Å². The molecule has 0 aromatic rings. The lowest BCUT2D eigenvalue weighted by atomic mass is 10.1. The predicted octanol–water partition coefficient (Wildman–Crippen LogP) is 6.37. The van der Waals surface area contributed by atoms with Crippen LogP contribution in [0.15, 0.2) is 0 Å². The van der Waals surface area contributed by atoms with Gasteiger partial charge < -0.3 is 19.7 Å². The molecule has 0 aromatic heterocycles. The van der Waals surface area contributed by atoms with Crippen LogP contribution in [0.4, 0.5) is 0 Å². The molecule has 0 bridgehead atoms. The van der Waals surface area contributed by atoms with Crippen LogP contribution >= 0.6 is 0 Å². The molecular weight excluding hydrogens is 352 g/mol. The first-order valence-corrected chi connectivity index (χ1v) is 12.2. The minimum atomic E-state index is -1.26. The van der Waals surface area contributed by atoms with Gasteiger partial charge in [0, 0.05) is 0 Å². The zero-order valence-corrected chi connectivity index (χ0v) is 19.2. The summed E-state index contributed by atoms with van der Waals surface area (Å²) in [4.78, 5) is 0. The lowest BCUT2D eigenvalue weighted by Gasteiger charge is -2.34. The molecule has 1 unspecified atom stereocenters. The first kappa shape index (κ1) is 27.8. The smallest absolute Gasteiger partial charge is 0.218 e. The maximum Gasteiger partial charge on any atom is 0.218 e. The minimum absolute atomic E-state index is 0.307. The van der Waals surface area contributed by atoms with Gasteiger partial charge in [0.15, 0.2) is 0 Å². The number of unbranched alkanes of at least 4 members (excludes halogenated alkanes) is 14. The SMILES string of the molecule is CCCCCCCCCCOC(CO)(OCCCCCCCCCC)C(C)O. The van der Waals surface area contributed by atoms with Crippen LogP contribution < -0.4 is 0 Å². The van der Waals surface area contributed by atoms with Crippen molar-refractivity contribution in [1.29, 1.82) is 0 Å². The normalized spacial score (nSPS) is 13.2. The highest BCUT2D eigenvalue weighted by Crippen LogP contribution is 2.20. The second-order valence-corrected chi connectivity index (χ2v) is 8.29. The topological polar surface area (TPSA) is 58.9 Å². The van der Waals surface area contributed by atoms with Crippen molar-refractivity contribution in [2.45, 2.75) is 135 Å². The summed E-state index contributed by atoms with van der Waals surface area (Å²) < 4.78 is 11.7. The summed E-state index contributed by atoms with van der Waals surface area (Å²) in [5.74, 6) is -1.26. The van der Waals surface area contributed by atoms with Crippen LogP contribution in [0.2, 0.25) is 0 Å². The Labute approximate surface area is 175 Å². The number of hydrogen-bond donors (Lipinski definition) is 2. The van der Waals surface area contributed by atoms with Crippen LogP contribution in [-0.4, -0.2) is 41.9 Å². The van der Waals surface area contributed by atoms with E-state index < -0.39 is 11.9 Å². The molecule has 170 valence electrons. The zero-order valence-electron chi connectivity index (χ0n) is 19.2. The summed E-state index contributed by atoms with van der Waals surface area (Å²) in [7, 11) is 0. The predicted molar refractivity (Wildman–Crippen MR) is 119 cm³/mol. The van der Waals surface area contributed by atoms with Crippen LogP contribution in [-0.2, 0) is 9.47 Å². The van der Waals surface area contributed by atoms with Crippen LogP contribution in [0.3, 0.4) is 0 Å². The number of hydrogen-bond acceptors (Lipinski definition) is 4. The summed E-state index contributed by atoms with van der Waals surface area (Å²) in [6, 6.07) is 0. The van der Waals surface area contributed by atoms with E-state index in [9.17, 15) is 10.2 Å². The zero-order chi connectivity index (χ0) is 20.9. The standard InChI is InChI=1S/C24H50O4/c1-4-6-8-10-12-14-16-18-20-27-24(22-25,23(3)26)28-21-19-17-15-13-11-9-7-5-2/h23,25-26H,4-22H2,1-3H3. The van der Waals surface area contributed by atoms with Crippen molar-refractivity contribution in [3.8, 4) is 0 Å². The Hall–Kier alpha value is -0.160. The van der Waals surface area contributed by atoms with Gasteiger partial charge in [0.25, 0.3) is 0 Å². The van der Waals surface area contributed by atoms with Gasteiger partial charge in [-0.3, -0.25) is 0 Å². The van der Waals surface area contributed by atoms with Crippen molar-refractivity contribution >= 4 is 0 Å². The second kappa shape index (κ2) is 20.1. The molecule has 4 nitrogen and oxygen atoms in total. The molecule has 0 rings (SSSR count). The molecular formula is C24H50O4. The molecule has 0 fully saturated rings. The molecule has 0 saturated carbocycles. The van der Waals surface area contributed by atoms with Gasteiger partial charge >= 0.3 is 0 Å². The molecule has 28 heavy (non-hydrogen) atoms. The van der Waals surface area contributed by atoms with Crippen molar-refractivity contribution in [2.75, 3.05) is 19.8 Å². The molecule has 0 spiro atoms. The fraction of sp³-hybridized carbons (Fsp3) is 1.00. The van der Waals surface area contributed by atoms with Gasteiger partial charge in [-0.2, -0.15) is 0 Å². The quantitative estimate of drug-likeness (QED) is 0.163. The number of rotatable bonds is 22. The third-order valence-corrected chi connectivity index (χ3v) is 5.55. The van der Waals surface area contributed by atoms with Gasteiger partial charge in [-0.05, 0) is 19.8 Å². The summed E-state index contributed by atoms with van der Waals surface area (Å²) >= 11 is 0. The van der Waals surface area contributed by atoms with Crippen molar-refractivity contribution in [3.05, 3.63) is 0 Å². The van der Waals surface area contributed by atoms with Gasteiger partial charge in [-0.25, -0.2) is 0 Å². The van der Waals surface area contributed by atoms with Gasteiger partial charge in [-0.15, -0.1) is 0 Å². The highest BCUT2D eigenvalue weighted by Gasteiger charge is 2.37. The lowest BCUT2D eigenvalue weighted by molar-refractivity contribution is -0.295. The monoisotopic (exact) mass is 402 g/mol. The Bertz CT molecular complexity index is 285. The third kappa shape index (κ3) is 14.8. The van der Waals surface area contributed by atoms with E-state index in [0.29, 0.717) is 13.2 Å². The fourth-order valence-corrected chi connectivity index (χ4v) is 3.47. The average molecular weight is 403 g/mol. The number of aliphatic hydroxyl groups excluding tert-OH is 2. The van der Waals surface area contributed by atoms with E-state index in [-0.39, 0.29) is 6.61 Å². The first-order valence-electron chi connectivity index (χ1n) is 12.2. The summed E-state index contributed by atoms with van der Waals surface area (Å²) in [5.41, 5.74) is 0. The minimum Gasteiger partial charge on any atom is -0.391 e. The molecule has 0 heterocycles. The van der Waals surface area contributed by atoms with E-state index in [1.807, 2.05) is 0 Å². The Morgan fingerprint density at radius 1 is 0.607 bits per heavy atom.